The van der Waals surface area contributed by atoms with Crippen LogP contribution in [0.25, 0.3) is 11.1 Å². The molecule has 1 aromatic heterocycles. The minimum atomic E-state index is -0.525. The van der Waals surface area contributed by atoms with E-state index in [1.54, 1.807) is 23.1 Å². The highest BCUT2D eigenvalue weighted by molar-refractivity contribution is 7.98. The summed E-state index contributed by atoms with van der Waals surface area (Å²) >= 11 is 9.71. The molecule has 150 valence electrons. The molecule has 0 fully saturated rings. The predicted octanol–water partition coefficient (Wildman–Crippen LogP) is 3.75. The van der Waals surface area contributed by atoms with Crippen molar-refractivity contribution in [3.8, 4) is 16.9 Å². The van der Waals surface area contributed by atoms with Gasteiger partial charge in [-0.3, -0.25) is 9.59 Å². The Kier molecular flexibility index (Phi) is 7.26. The summed E-state index contributed by atoms with van der Waals surface area (Å²) in [5, 5.41) is 10.3. The third-order valence-electron chi connectivity index (χ3n) is 4.52. The first-order valence-corrected chi connectivity index (χ1v) is 11.7. The van der Waals surface area contributed by atoms with E-state index in [4.69, 9.17) is 16.3 Å². The number of carbonyl (C=O) groups excluding carboxylic acids is 2. The fourth-order valence-electron chi connectivity index (χ4n) is 3.18. The first-order chi connectivity index (χ1) is 13.5. The van der Waals surface area contributed by atoms with E-state index in [9.17, 15) is 9.59 Å². The molecular weight excluding hydrogens is 416 g/mol. The molecule has 0 bridgehead atoms. The Balaban J connectivity index is 1.60. The summed E-state index contributed by atoms with van der Waals surface area (Å²) in [6, 6.07) is 5.55. The summed E-state index contributed by atoms with van der Waals surface area (Å²) in [6.07, 6.45) is 3.07. The van der Waals surface area contributed by atoms with Gasteiger partial charge in [0.05, 0.1) is 11.6 Å². The Labute approximate surface area is 178 Å². The Morgan fingerprint density at radius 2 is 2.21 bits per heavy atom. The molecule has 2 N–H and O–H groups in total. The highest BCUT2D eigenvalue weighted by Gasteiger charge is 2.27. The number of thioether (sulfide) groups is 1. The maximum absolute atomic E-state index is 12.5. The number of rotatable bonds is 8. The van der Waals surface area contributed by atoms with Gasteiger partial charge in [0, 0.05) is 18.9 Å². The second kappa shape index (κ2) is 9.67. The average Bonchev–Trinajstić information content (AvgIpc) is 3.32. The zero-order valence-electron chi connectivity index (χ0n) is 15.8. The Morgan fingerprint density at radius 3 is 2.89 bits per heavy atom. The van der Waals surface area contributed by atoms with Crippen molar-refractivity contribution in [1.82, 2.24) is 10.6 Å². The van der Waals surface area contributed by atoms with Gasteiger partial charge in [0.15, 0.2) is 0 Å². The van der Waals surface area contributed by atoms with Crippen LogP contribution in [-0.4, -0.2) is 42.5 Å². The van der Waals surface area contributed by atoms with E-state index in [0.29, 0.717) is 30.2 Å². The Morgan fingerprint density at radius 1 is 1.39 bits per heavy atom. The molecule has 0 saturated carbocycles. The van der Waals surface area contributed by atoms with E-state index in [2.05, 4.69) is 28.1 Å². The molecule has 5 nitrogen and oxygen atoms in total. The summed E-state index contributed by atoms with van der Waals surface area (Å²) in [5.74, 6) is 1.10. The van der Waals surface area contributed by atoms with Crippen molar-refractivity contribution < 1.29 is 14.3 Å². The molecule has 0 saturated heterocycles. The van der Waals surface area contributed by atoms with E-state index in [1.165, 1.54) is 6.92 Å². The molecular formula is C20H23ClN2O3S2. The molecule has 2 heterocycles. The number of nitrogens with one attached hydrogen (secondary N) is 2. The SMILES string of the molecule is CSCC[C@H](NC(C)=O)C(=O)NCC1Cc2cc(-c3ccsc3)cc(Cl)c2O1. The van der Waals surface area contributed by atoms with Crippen LogP contribution in [0.3, 0.4) is 0 Å². The molecule has 1 aliphatic heterocycles. The molecule has 0 radical (unpaired) electrons. The second-order valence-electron chi connectivity index (χ2n) is 6.68. The smallest absolute Gasteiger partial charge is 0.242 e. The fourth-order valence-corrected chi connectivity index (χ4v) is 4.60. The summed E-state index contributed by atoms with van der Waals surface area (Å²) < 4.78 is 5.97. The monoisotopic (exact) mass is 438 g/mol. The maximum Gasteiger partial charge on any atom is 0.242 e. The molecule has 2 amide bonds. The van der Waals surface area contributed by atoms with Crippen LogP contribution in [0.1, 0.15) is 18.9 Å². The minimum Gasteiger partial charge on any atom is -0.486 e. The largest absolute Gasteiger partial charge is 0.486 e. The van der Waals surface area contributed by atoms with Crippen molar-refractivity contribution >= 4 is 46.5 Å². The highest BCUT2D eigenvalue weighted by Crippen LogP contribution is 2.39. The first-order valence-electron chi connectivity index (χ1n) is 9.03. The number of ether oxygens (including phenoxy) is 1. The van der Waals surface area contributed by atoms with E-state index >= 15 is 0 Å². The third-order valence-corrected chi connectivity index (χ3v) is 6.12. The van der Waals surface area contributed by atoms with Gasteiger partial charge in [0.25, 0.3) is 0 Å². The van der Waals surface area contributed by atoms with E-state index in [-0.39, 0.29) is 17.9 Å². The van der Waals surface area contributed by atoms with Crippen LogP contribution in [0.5, 0.6) is 5.75 Å². The number of hydrogen-bond donors (Lipinski definition) is 2. The molecule has 1 unspecified atom stereocenters. The number of halogens is 1. The topological polar surface area (TPSA) is 67.4 Å². The lowest BCUT2D eigenvalue weighted by atomic mass is 10.0. The van der Waals surface area contributed by atoms with Gasteiger partial charge < -0.3 is 15.4 Å². The molecule has 0 spiro atoms. The second-order valence-corrected chi connectivity index (χ2v) is 8.85. The molecule has 1 aliphatic rings. The third kappa shape index (κ3) is 5.21. The van der Waals surface area contributed by atoms with Gasteiger partial charge in [-0.2, -0.15) is 23.1 Å². The summed E-state index contributed by atoms with van der Waals surface area (Å²) in [5.41, 5.74) is 3.26. The van der Waals surface area contributed by atoms with Gasteiger partial charge in [-0.1, -0.05) is 11.6 Å². The average molecular weight is 439 g/mol. The molecule has 0 aliphatic carbocycles. The van der Waals surface area contributed by atoms with Crippen molar-refractivity contribution in [3.05, 3.63) is 39.5 Å². The summed E-state index contributed by atoms with van der Waals surface area (Å²) in [6.45, 7) is 1.79. The fraction of sp³-hybridized carbons (Fsp3) is 0.400. The Bertz CT molecular complexity index is 842. The van der Waals surface area contributed by atoms with Crippen LogP contribution < -0.4 is 15.4 Å². The van der Waals surface area contributed by atoms with Crippen LogP contribution in [0, 0.1) is 0 Å². The predicted molar refractivity (Wildman–Crippen MR) is 116 cm³/mol. The molecule has 28 heavy (non-hydrogen) atoms. The number of amides is 2. The number of thiophene rings is 1. The van der Waals surface area contributed by atoms with E-state index in [1.807, 2.05) is 17.7 Å². The Hall–Kier alpha value is -1.70. The van der Waals surface area contributed by atoms with E-state index < -0.39 is 6.04 Å². The quantitative estimate of drug-likeness (QED) is 0.658. The van der Waals surface area contributed by atoms with Gasteiger partial charge in [0.2, 0.25) is 11.8 Å². The van der Waals surface area contributed by atoms with Gasteiger partial charge in [-0.25, -0.2) is 0 Å². The number of carbonyl (C=O) groups is 2. The minimum absolute atomic E-state index is 0.173. The lowest BCUT2D eigenvalue weighted by Crippen LogP contribution is -2.48. The van der Waals surface area contributed by atoms with Crippen molar-refractivity contribution in [3.63, 3.8) is 0 Å². The van der Waals surface area contributed by atoms with Gasteiger partial charge in [-0.05, 0) is 58.5 Å². The van der Waals surface area contributed by atoms with Crippen molar-refractivity contribution in [2.24, 2.45) is 0 Å². The zero-order valence-corrected chi connectivity index (χ0v) is 18.2. The summed E-state index contributed by atoms with van der Waals surface area (Å²) in [7, 11) is 0. The van der Waals surface area contributed by atoms with Crippen molar-refractivity contribution in [2.75, 3.05) is 18.6 Å². The van der Waals surface area contributed by atoms with Gasteiger partial charge in [-0.15, -0.1) is 0 Å². The lowest BCUT2D eigenvalue weighted by molar-refractivity contribution is -0.128. The van der Waals surface area contributed by atoms with Crippen LogP contribution in [-0.2, 0) is 16.0 Å². The molecule has 2 aromatic rings. The standard InChI is InChI=1S/C20H23ClN2O3S2/c1-12(24)23-18(4-5-27-2)20(25)22-10-16-8-15-7-14(13-3-6-28-11-13)9-17(21)19(15)26-16/h3,6-7,9,11,16,18H,4-5,8,10H2,1-2H3,(H,22,25)(H,23,24)/t16?,18-/m0/s1. The van der Waals surface area contributed by atoms with Crippen molar-refractivity contribution in [1.29, 1.82) is 0 Å². The lowest BCUT2D eigenvalue weighted by Gasteiger charge is -2.19. The van der Waals surface area contributed by atoms with Crippen LogP contribution in [0.4, 0.5) is 0 Å². The zero-order chi connectivity index (χ0) is 20.1. The number of fused-ring (bicyclic) bond motifs is 1. The molecule has 3 rings (SSSR count). The van der Waals surface area contributed by atoms with Gasteiger partial charge >= 0.3 is 0 Å². The molecule has 8 heteroatoms. The molecule has 1 aromatic carbocycles. The normalized spacial score (nSPS) is 16.2. The highest BCUT2D eigenvalue weighted by atomic mass is 35.5. The van der Waals surface area contributed by atoms with Crippen LogP contribution in [0.2, 0.25) is 5.02 Å². The first kappa shape index (κ1) is 21.0. The number of hydrogen-bond acceptors (Lipinski definition) is 5. The summed E-state index contributed by atoms with van der Waals surface area (Å²) in [4.78, 5) is 23.8. The van der Waals surface area contributed by atoms with E-state index in [0.717, 1.165) is 22.4 Å². The van der Waals surface area contributed by atoms with Crippen LogP contribution >= 0.6 is 34.7 Å². The maximum atomic E-state index is 12.5. The van der Waals surface area contributed by atoms with Crippen molar-refractivity contribution in [2.45, 2.75) is 31.9 Å². The molecule has 2 atom stereocenters. The van der Waals surface area contributed by atoms with Gasteiger partial charge in [0.1, 0.15) is 17.9 Å². The number of benzene rings is 1. The van der Waals surface area contributed by atoms with Crippen LogP contribution in [0.15, 0.2) is 29.0 Å².